The minimum absolute atomic E-state index is 0.206. The number of alkyl halides is 2. The van der Waals surface area contributed by atoms with Crippen LogP contribution in [0.1, 0.15) is 26.3 Å². The largest absolute Gasteiger partial charge is 0.335 e. The second-order valence-electron chi connectivity index (χ2n) is 6.45. The molecule has 1 aliphatic heterocycles. The van der Waals surface area contributed by atoms with Gasteiger partial charge in [0.2, 0.25) is 0 Å². The number of nitrogens with zero attached hydrogens (tertiary/aromatic N) is 2. The molecule has 1 saturated heterocycles. The van der Waals surface area contributed by atoms with E-state index in [1.54, 1.807) is 28.9 Å². The standard InChI is InChI=1S/C20H19F3N2O2S/c1-13-2-3-15(12-17(13)21)19(27)25-10-8-24(9-11-25)18(26)14-4-6-16(7-5-14)28-20(22)23/h2-7,12,20H,8-11H2,1H3. The van der Waals surface area contributed by atoms with Gasteiger partial charge in [-0.05, 0) is 48.9 Å². The average molecular weight is 408 g/mol. The van der Waals surface area contributed by atoms with Crippen LogP contribution in [0.5, 0.6) is 0 Å². The number of hydrogen-bond acceptors (Lipinski definition) is 3. The first-order valence-corrected chi connectivity index (χ1v) is 9.62. The number of hydrogen-bond donors (Lipinski definition) is 0. The van der Waals surface area contributed by atoms with E-state index in [2.05, 4.69) is 0 Å². The molecule has 4 nitrogen and oxygen atoms in total. The summed E-state index contributed by atoms with van der Waals surface area (Å²) in [5.74, 6) is -3.40. The molecule has 0 aliphatic carbocycles. The Balaban J connectivity index is 1.59. The van der Waals surface area contributed by atoms with Crippen molar-refractivity contribution in [3.63, 3.8) is 0 Å². The van der Waals surface area contributed by atoms with Crippen LogP contribution in [0.25, 0.3) is 0 Å². The van der Waals surface area contributed by atoms with Crippen LogP contribution in [0.3, 0.4) is 0 Å². The molecule has 0 spiro atoms. The summed E-state index contributed by atoms with van der Waals surface area (Å²) >= 11 is 0.429. The fraction of sp³-hybridized carbons (Fsp3) is 0.300. The normalized spacial score (nSPS) is 14.5. The second kappa shape index (κ2) is 8.68. The van der Waals surface area contributed by atoms with Crippen LogP contribution < -0.4 is 0 Å². The van der Waals surface area contributed by atoms with Crippen molar-refractivity contribution in [2.24, 2.45) is 0 Å². The van der Waals surface area contributed by atoms with Gasteiger partial charge in [-0.15, -0.1) is 0 Å². The molecule has 3 rings (SSSR count). The zero-order valence-corrected chi connectivity index (χ0v) is 16.0. The van der Waals surface area contributed by atoms with Gasteiger partial charge in [0.15, 0.2) is 0 Å². The number of carbonyl (C=O) groups excluding carboxylic acids is 2. The Morgan fingerprint density at radius 2 is 1.39 bits per heavy atom. The first kappa shape index (κ1) is 20.3. The van der Waals surface area contributed by atoms with E-state index in [0.717, 1.165) is 0 Å². The minimum atomic E-state index is -2.51. The quantitative estimate of drug-likeness (QED) is 0.717. The summed E-state index contributed by atoms with van der Waals surface area (Å²) in [5, 5.41) is 0. The van der Waals surface area contributed by atoms with Crippen molar-refractivity contribution >= 4 is 23.6 Å². The summed E-state index contributed by atoms with van der Waals surface area (Å²) in [7, 11) is 0. The van der Waals surface area contributed by atoms with Gasteiger partial charge in [0.1, 0.15) is 5.82 Å². The number of benzene rings is 2. The van der Waals surface area contributed by atoms with Gasteiger partial charge in [-0.25, -0.2) is 4.39 Å². The molecule has 1 heterocycles. The molecule has 0 bridgehead atoms. The number of piperazine rings is 1. The van der Waals surface area contributed by atoms with Gasteiger partial charge in [-0.3, -0.25) is 9.59 Å². The fourth-order valence-electron chi connectivity index (χ4n) is 2.98. The average Bonchev–Trinajstić information content (AvgIpc) is 2.69. The van der Waals surface area contributed by atoms with Gasteiger partial charge in [-0.1, -0.05) is 17.8 Å². The summed E-state index contributed by atoms with van der Waals surface area (Å²) < 4.78 is 38.4. The van der Waals surface area contributed by atoms with Gasteiger partial charge < -0.3 is 9.80 Å². The zero-order chi connectivity index (χ0) is 20.3. The molecule has 28 heavy (non-hydrogen) atoms. The van der Waals surface area contributed by atoms with Crippen LogP contribution in [0.4, 0.5) is 13.2 Å². The molecule has 0 atom stereocenters. The summed E-state index contributed by atoms with van der Waals surface area (Å²) in [6, 6.07) is 10.4. The third-order valence-electron chi connectivity index (χ3n) is 4.60. The van der Waals surface area contributed by atoms with Gasteiger partial charge in [-0.2, -0.15) is 8.78 Å². The number of amides is 2. The molecule has 0 radical (unpaired) electrons. The van der Waals surface area contributed by atoms with Crippen LogP contribution in [0.2, 0.25) is 0 Å². The number of thioether (sulfide) groups is 1. The van der Waals surface area contributed by atoms with Crippen LogP contribution in [0.15, 0.2) is 47.4 Å². The molecule has 0 N–H and O–H groups in total. The summed E-state index contributed by atoms with van der Waals surface area (Å²) in [5.41, 5.74) is 1.18. The SMILES string of the molecule is Cc1ccc(C(=O)N2CCN(C(=O)c3ccc(SC(F)F)cc3)CC2)cc1F. The van der Waals surface area contributed by atoms with Gasteiger partial charge in [0.25, 0.3) is 17.6 Å². The van der Waals surface area contributed by atoms with Crippen molar-refractivity contribution in [1.29, 1.82) is 0 Å². The van der Waals surface area contributed by atoms with Crippen LogP contribution in [-0.4, -0.2) is 53.6 Å². The Labute approximate surface area is 165 Å². The van der Waals surface area contributed by atoms with Gasteiger partial charge in [0.05, 0.1) is 0 Å². The lowest BCUT2D eigenvalue weighted by atomic mass is 10.1. The van der Waals surface area contributed by atoms with E-state index in [9.17, 15) is 22.8 Å². The summed E-state index contributed by atoms with van der Waals surface area (Å²) in [6.07, 6.45) is 0. The molecule has 2 aromatic carbocycles. The first-order valence-electron chi connectivity index (χ1n) is 8.75. The fourth-order valence-corrected chi connectivity index (χ4v) is 3.48. The Morgan fingerprint density at radius 3 is 1.89 bits per heavy atom. The highest BCUT2D eigenvalue weighted by Crippen LogP contribution is 2.25. The van der Waals surface area contributed by atoms with Crippen LogP contribution in [0, 0.1) is 12.7 Å². The Kier molecular flexibility index (Phi) is 6.28. The Hall–Kier alpha value is -2.48. The number of rotatable bonds is 4. The van der Waals surface area contributed by atoms with E-state index in [1.165, 1.54) is 30.3 Å². The predicted molar refractivity (Wildman–Crippen MR) is 101 cm³/mol. The maximum atomic E-state index is 13.7. The van der Waals surface area contributed by atoms with E-state index in [-0.39, 0.29) is 17.4 Å². The van der Waals surface area contributed by atoms with Gasteiger partial charge >= 0.3 is 0 Å². The van der Waals surface area contributed by atoms with E-state index in [1.807, 2.05) is 0 Å². The van der Waals surface area contributed by atoms with E-state index in [0.29, 0.717) is 54.0 Å². The molecule has 8 heteroatoms. The maximum absolute atomic E-state index is 13.7. The Morgan fingerprint density at radius 1 is 0.893 bits per heavy atom. The summed E-state index contributed by atoms with van der Waals surface area (Å²) in [6.45, 7) is 3.03. The highest BCUT2D eigenvalue weighted by Gasteiger charge is 2.26. The van der Waals surface area contributed by atoms with E-state index < -0.39 is 11.6 Å². The molecule has 148 valence electrons. The second-order valence-corrected chi connectivity index (χ2v) is 7.51. The van der Waals surface area contributed by atoms with Crippen LogP contribution in [-0.2, 0) is 0 Å². The number of aryl methyl sites for hydroxylation is 1. The predicted octanol–water partition coefficient (Wildman–Crippen LogP) is 4.05. The Bertz CT molecular complexity index is 866. The topological polar surface area (TPSA) is 40.6 Å². The molecule has 0 unspecified atom stereocenters. The third kappa shape index (κ3) is 4.67. The smallest absolute Gasteiger partial charge is 0.288 e. The highest BCUT2D eigenvalue weighted by molar-refractivity contribution is 7.99. The molecule has 0 aromatic heterocycles. The first-order chi connectivity index (χ1) is 13.3. The van der Waals surface area contributed by atoms with E-state index in [4.69, 9.17) is 0 Å². The van der Waals surface area contributed by atoms with Crippen molar-refractivity contribution < 1.29 is 22.8 Å². The van der Waals surface area contributed by atoms with Crippen molar-refractivity contribution in [2.75, 3.05) is 26.2 Å². The van der Waals surface area contributed by atoms with Gasteiger partial charge in [0, 0.05) is 42.2 Å². The van der Waals surface area contributed by atoms with Crippen molar-refractivity contribution in [1.82, 2.24) is 9.80 Å². The van der Waals surface area contributed by atoms with Crippen molar-refractivity contribution in [3.8, 4) is 0 Å². The third-order valence-corrected chi connectivity index (χ3v) is 5.32. The molecular weight excluding hydrogens is 389 g/mol. The van der Waals surface area contributed by atoms with Crippen molar-refractivity contribution in [2.45, 2.75) is 17.6 Å². The zero-order valence-electron chi connectivity index (χ0n) is 15.2. The molecule has 1 aliphatic rings. The lowest BCUT2D eigenvalue weighted by Gasteiger charge is -2.35. The lowest BCUT2D eigenvalue weighted by molar-refractivity contribution is 0.0535. The molecule has 1 fully saturated rings. The molecule has 0 saturated carbocycles. The van der Waals surface area contributed by atoms with E-state index >= 15 is 0 Å². The summed E-state index contributed by atoms with van der Waals surface area (Å²) in [4.78, 5) is 28.7. The monoisotopic (exact) mass is 408 g/mol. The highest BCUT2D eigenvalue weighted by atomic mass is 32.2. The number of carbonyl (C=O) groups is 2. The number of halogens is 3. The maximum Gasteiger partial charge on any atom is 0.288 e. The molecule has 2 amide bonds. The molecular formula is C20H19F3N2O2S. The lowest BCUT2D eigenvalue weighted by Crippen LogP contribution is -2.50. The van der Waals surface area contributed by atoms with Crippen LogP contribution >= 0.6 is 11.8 Å². The molecule has 2 aromatic rings. The van der Waals surface area contributed by atoms with Crippen molar-refractivity contribution in [3.05, 3.63) is 65.0 Å². The minimum Gasteiger partial charge on any atom is -0.335 e.